The van der Waals surface area contributed by atoms with Crippen molar-refractivity contribution in [2.75, 3.05) is 32.8 Å². The Labute approximate surface area is 144 Å². The maximum atomic E-state index is 11.5. The van der Waals surface area contributed by atoms with Gasteiger partial charge in [-0.05, 0) is 44.6 Å². The predicted octanol–water partition coefficient (Wildman–Crippen LogP) is 2.78. The molecule has 1 heterocycles. The van der Waals surface area contributed by atoms with Gasteiger partial charge in [0.2, 0.25) is 0 Å². The van der Waals surface area contributed by atoms with Crippen molar-refractivity contribution in [3.63, 3.8) is 0 Å². The largest absolute Gasteiger partial charge is 0.478 e. The minimum Gasteiger partial charge on any atom is -0.478 e. The summed E-state index contributed by atoms with van der Waals surface area (Å²) in [6, 6.07) is 0. The number of carboxylic acid groups (broad SMARTS) is 2. The lowest BCUT2D eigenvalue weighted by Crippen LogP contribution is -2.36. The molecule has 0 unspecified atom stereocenters. The molecule has 0 atom stereocenters. The molecule has 1 aliphatic heterocycles. The second kappa shape index (κ2) is 11.2. The fourth-order valence-corrected chi connectivity index (χ4v) is 2.85. The summed E-state index contributed by atoms with van der Waals surface area (Å²) in [5.74, 6) is -1.84. The highest BCUT2D eigenvalue weighted by atomic mass is 16.5. The molecule has 0 aromatic carbocycles. The van der Waals surface area contributed by atoms with E-state index in [9.17, 15) is 19.8 Å². The molecule has 1 rings (SSSR count). The zero-order chi connectivity index (χ0) is 17.9. The summed E-state index contributed by atoms with van der Waals surface area (Å²) >= 11 is 0. The molecule has 24 heavy (non-hydrogen) atoms. The van der Waals surface area contributed by atoms with Gasteiger partial charge in [-0.1, -0.05) is 20.3 Å². The van der Waals surface area contributed by atoms with Crippen LogP contribution in [-0.2, 0) is 14.3 Å². The molecule has 0 aromatic heterocycles. The van der Waals surface area contributed by atoms with Gasteiger partial charge in [-0.2, -0.15) is 0 Å². The predicted molar refractivity (Wildman–Crippen MR) is 92.1 cm³/mol. The van der Waals surface area contributed by atoms with Crippen molar-refractivity contribution >= 4 is 11.9 Å². The summed E-state index contributed by atoms with van der Waals surface area (Å²) < 4.78 is 5.30. The number of hydrogen-bond donors (Lipinski definition) is 2. The van der Waals surface area contributed by atoms with Crippen LogP contribution >= 0.6 is 0 Å². The number of carboxylic acids is 2. The highest BCUT2D eigenvalue weighted by Gasteiger charge is 2.20. The van der Waals surface area contributed by atoms with Gasteiger partial charge in [0.25, 0.3) is 0 Å². The number of hydrogen-bond acceptors (Lipinski definition) is 4. The summed E-state index contributed by atoms with van der Waals surface area (Å²) in [6.07, 6.45) is 3.97. The lowest BCUT2D eigenvalue weighted by atomic mass is 9.95. The third-order valence-electron chi connectivity index (χ3n) is 4.36. The molecule has 0 bridgehead atoms. The first-order chi connectivity index (χ1) is 11.4. The average Bonchev–Trinajstić information content (AvgIpc) is 2.53. The molecule has 0 spiro atoms. The average molecular weight is 341 g/mol. The Kier molecular flexibility index (Phi) is 9.64. The molecule has 0 saturated carbocycles. The number of nitrogens with zero attached hydrogens (tertiary/aromatic N) is 1. The van der Waals surface area contributed by atoms with Gasteiger partial charge in [0.15, 0.2) is 0 Å². The Bertz CT molecular complexity index is 439. The summed E-state index contributed by atoms with van der Waals surface area (Å²) in [5.41, 5.74) is 0.152. The van der Waals surface area contributed by atoms with E-state index in [1.807, 2.05) is 13.8 Å². The molecule has 6 nitrogen and oxygen atoms in total. The third-order valence-corrected chi connectivity index (χ3v) is 4.36. The van der Waals surface area contributed by atoms with Crippen LogP contribution in [0.1, 0.15) is 52.4 Å². The number of rotatable bonds is 11. The molecule has 0 radical (unpaired) electrons. The summed E-state index contributed by atoms with van der Waals surface area (Å²) in [7, 11) is 0. The molecular formula is C18H31NO5. The number of ether oxygens (including phenoxy) is 1. The summed E-state index contributed by atoms with van der Waals surface area (Å²) in [5, 5.41) is 18.7. The van der Waals surface area contributed by atoms with Crippen LogP contribution in [0.4, 0.5) is 0 Å². The number of morpholine rings is 1. The van der Waals surface area contributed by atoms with Crippen molar-refractivity contribution < 1.29 is 24.5 Å². The standard InChI is InChI=1S/C18H31NO5/c1-14(2)7-8-16(18(22)23)15(17(20)21)6-4-3-5-9-19-10-12-24-13-11-19/h14H,3-13H2,1-2H3,(H,20,21)(H,22,23). The van der Waals surface area contributed by atoms with Gasteiger partial charge >= 0.3 is 11.9 Å². The SMILES string of the molecule is CC(C)CCC(C(=O)O)=C(CCCCCN1CCOCC1)C(=O)O. The van der Waals surface area contributed by atoms with Crippen molar-refractivity contribution in [2.24, 2.45) is 5.92 Å². The Balaban J connectivity index is 2.46. The molecule has 0 aliphatic carbocycles. The normalized spacial score (nSPS) is 17.0. The maximum Gasteiger partial charge on any atom is 0.332 e. The van der Waals surface area contributed by atoms with E-state index in [1.165, 1.54) is 0 Å². The van der Waals surface area contributed by atoms with Crippen LogP contribution in [0.5, 0.6) is 0 Å². The smallest absolute Gasteiger partial charge is 0.332 e. The Morgan fingerprint density at radius 3 is 2.08 bits per heavy atom. The van der Waals surface area contributed by atoms with Gasteiger partial charge in [-0.25, -0.2) is 9.59 Å². The first kappa shape index (κ1) is 20.6. The summed E-state index contributed by atoms with van der Waals surface area (Å²) in [6.45, 7) is 8.48. The Morgan fingerprint density at radius 1 is 0.958 bits per heavy atom. The lowest BCUT2D eigenvalue weighted by molar-refractivity contribution is -0.136. The highest BCUT2D eigenvalue weighted by molar-refractivity contribution is 5.98. The van der Waals surface area contributed by atoms with E-state index in [-0.39, 0.29) is 11.1 Å². The van der Waals surface area contributed by atoms with Gasteiger partial charge in [0, 0.05) is 24.2 Å². The zero-order valence-corrected chi connectivity index (χ0v) is 14.9. The van der Waals surface area contributed by atoms with Crippen LogP contribution in [0.2, 0.25) is 0 Å². The van der Waals surface area contributed by atoms with E-state index in [0.717, 1.165) is 45.7 Å². The zero-order valence-electron chi connectivity index (χ0n) is 14.9. The molecule has 2 N–H and O–H groups in total. The number of carbonyl (C=O) groups is 2. The van der Waals surface area contributed by atoms with E-state index in [4.69, 9.17) is 4.74 Å². The quantitative estimate of drug-likeness (QED) is 0.444. The lowest BCUT2D eigenvalue weighted by Gasteiger charge is -2.26. The summed E-state index contributed by atoms with van der Waals surface area (Å²) in [4.78, 5) is 25.2. The second-order valence-corrected chi connectivity index (χ2v) is 6.76. The first-order valence-electron chi connectivity index (χ1n) is 8.90. The van der Waals surface area contributed by atoms with Crippen LogP contribution in [0, 0.1) is 5.92 Å². The van der Waals surface area contributed by atoms with Crippen LogP contribution < -0.4 is 0 Å². The molecule has 1 saturated heterocycles. The molecule has 0 amide bonds. The molecule has 138 valence electrons. The maximum absolute atomic E-state index is 11.5. The van der Waals surface area contributed by atoms with E-state index in [0.29, 0.717) is 31.6 Å². The van der Waals surface area contributed by atoms with Crippen molar-refractivity contribution in [1.29, 1.82) is 0 Å². The van der Waals surface area contributed by atoms with Gasteiger partial charge in [0.1, 0.15) is 0 Å². The fourth-order valence-electron chi connectivity index (χ4n) is 2.85. The minimum atomic E-state index is -1.10. The van der Waals surface area contributed by atoms with Crippen LogP contribution in [0.25, 0.3) is 0 Å². The van der Waals surface area contributed by atoms with Gasteiger partial charge in [-0.15, -0.1) is 0 Å². The monoisotopic (exact) mass is 341 g/mol. The van der Waals surface area contributed by atoms with Crippen molar-refractivity contribution in [2.45, 2.75) is 52.4 Å². The Hall–Kier alpha value is -1.40. The van der Waals surface area contributed by atoms with Crippen LogP contribution in [-0.4, -0.2) is 59.9 Å². The van der Waals surface area contributed by atoms with Crippen LogP contribution in [0.3, 0.4) is 0 Å². The van der Waals surface area contributed by atoms with E-state index in [2.05, 4.69) is 4.90 Å². The molecule has 1 fully saturated rings. The van der Waals surface area contributed by atoms with Crippen molar-refractivity contribution in [1.82, 2.24) is 4.90 Å². The molecule has 0 aromatic rings. The minimum absolute atomic E-state index is 0.0735. The second-order valence-electron chi connectivity index (χ2n) is 6.76. The highest BCUT2D eigenvalue weighted by Crippen LogP contribution is 2.21. The van der Waals surface area contributed by atoms with Crippen molar-refractivity contribution in [3.8, 4) is 0 Å². The number of aliphatic carboxylic acids is 2. The van der Waals surface area contributed by atoms with Gasteiger partial charge in [0.05, 0.1) is 13.2 Å². The van der Waals surface area contributed by atoms with Gasteiger partial charge in [-0.3, -0.25) is 4.90 Å². The van der Waals surface area contributed by atoms with E-state index >= 15 is 0 Å². The Morgan fingerprint density at radius 2 is 1.54 bits per heavy atom. The van der Waals surface area contributed by atoms with Crippen molar-refractivity contribution in [3.05, 3.63) is 11.1 Å². The number of unbranched alkanes of at least 4 members (excludes halogenated alkanes) is 2. The molecule has 6 heteroatoms. The third kappa shape index (κ3) is 7.93. The first-order valence-corrected chi connectivity index (χ1v) is 8.90. The fraction of sp³-hybridized carbons (Fsp3) is 0.778. The molecular weight excluding hydrogens is 310 g/mol. The van der Waals surface area contributed by atoms with Gasteiger partial charge < -0.3 is 14.9 Å². The molecule has 1 aliphatic rings. The topological polar surface area (TPSA) is 87.1 Å². The van der Waals surface area contributed by atoms with Crippen LogP contribution in [0.15, 0.2) is 11.1 Å². The van der Waals surface area contributed by atoms with E-state index < -0.39 is 11.9 Å². The van der Waals surface area contributed by atoms with E-state index in [1.54, 1.807) is 0 Å².